The van der Waals surface area contributed by atoms with Crippen molar-refractivity contribution in [2.24, 2.45) is 5.92 Å². The maximum absolute atomic E-state index is 12.7. The molecule has 0 spiro atoms. The average Bonchev–Trinajstić information content (AvgIpc) is 2.61. The molecule has 4 saturated carbocycles. The third-order valence-electron chi connectivity index (χ3n) is 6.94. The maximum Gasteiger partial charge on any atom is 0.522 e. The molecule has 2 bridgehead atoms. The summed E-state index contributed by atoms with van der Waals surface area (Å²) in [6, 6.07) is 5.26. The molecule has 5 aliphatic rings. The molecule has 32 heavy (non-hydrogen) atoms. The zero-order valence-electron chi connectivity index (χ0n) is 17.4. The first-order chi connectivity index (χ1) is 14.9. The van der Waals surface area contributed by atoms with Crippen LogP contribution < -0.4 is 15.4 Å². The molecule has 2 N–H and O–H groups in total. The second kappa shape index (κ2) is 6.94. The highest BCUT2D eigenvalue weighted by Crippen LogP contribution is 2.60. The van der Waals surface area contributed by atoms with Crippen molar-refractivity contribution in [3.8, 4) is 5.75 Å². The Labute approximate surface area is 182 Å². The van der Waals surface area contributed by atoms with Gasteiger partial charge in [0.2, 0.25) is 5.91 Å². The Hall–Kier alpha value is -2.62. The van der Waals surface area contributed by atoms with E-state index in [2.05, 4.69) is 15.4 Å². The monoisotopic (exact) mass is 452 g/mol. The number of hydrogen-bond acceptors (Lipinski definition) is 5. The normalized spacial score (nSPS) is 34.8. The van der Waals surface area contributed by atoms with Gasteiger partial charge in [0.15, 0.2) is 11.9 Å². The summed E-state index contributed by atoms with van der Waals surface area (Å²) < 4.78 is 46.3. The van der Waals surface area contributed by atoms with Gasteiger partial charge in [0.25, 0.3) is 5.91 Å². The van der Waals surface area contributed by atoms with Gasteiger partial charge in [0.05, 0.1) is 18.1 Å². The number of alkyl halides is 3. The zero-order valence-corrected chi connectivity index (χ0v) is 17.4. The predicted octanol–water partition coefficient (Wildman–Crippen LogP) is 2.55. The number of nitrogens with one attached hydrogen (secondary N) is 2. The van der Waals surface area contributed by atoms with Crippen LogP contribution in [0.5, 0.6) is 5.75 Å². The van der Waals surface area contributed by atoms with Crippen LogP contribution in [0.2, 0.25) is 0 Å². The number of hydrogen-bond donors (Lipinski definition) is 2. The molecule has 1 heterocycles. The van der Waals surface area contributed by atoms with Gasteiger partial charge in [-0.3, -0.25) is 19.1 Å². The predicted molar refractivity (Wildman–Crippen MR) is 104 cm³/mol. The summed E-state index contributed by atoms with van der Waals surface area (Å²) in [4.78, 5) is 37.4. The Morgan fingerprint density at radius 3 is 2.34 bits per heavy atom. The molecule has 172 valence electrons. The molecule has 4 fully saturated rings. The standard InChI is InChI=1S/C22H23F3N2O5/c1-11-2-3-16-14(4-11)15(28)7-17(31-16)19(30)27-21-8-20(9-21,10-21)26-18(29)12-5-13(6-12)32-22(23,24)25/h2-4,12-13,17H,5-10H2,1H3,(H,26,29)(H,27,30)/t12?,13?,17-,20?,21?/m1/s1. The van der Waals surface area contributed by atoms with Crippen LogP contribution in [-0.2, 0) is 14.3 Å². The van der Waals surface area contributed by atoms with Crippen molar-refractivity contribution < 1.29 is 37.0 Å². The van der Waals surface area contributed by atoms with E-state index in [9.17, 15) is 27.6 Å². The molecule has 0 unspecified atom stereocenters. The number of fused-ring (bicyclic) bond motifs is 1. The van der Waals surface area contributed by atoms with Gasteiger partial charge >= 0.3 is 6.36 Å². The summed E-state index contributed by atoms with van der Waals surface area (Å²) >= 11 is 0. The van der Waals surface area contributed by atoms with Crippen LogP contribution in [0.15, 0.2) is 18.2 Å². The van der Waals surface area contributed by atoms with E-state index in [1.807, 2.05) is 13.0 Å². The van der Waals surface area contributed by atoms with E-state index in [1.165, 1.54) is 0 Å². The van der Waals surface area contributed by atoms with E-state index in [0.29, 0.717) is 30.6 Å². The van der Waals surface area contributed by atoms with Crippen molar-refractivity contribution >= 4 is 17.6 Å². The smallest absolute Gasteiger partial charge is 0.479 e. The van der Waals surface area contributed by atoms with Crippen molar-refractivity contribution in [2.45, 2.75) is 75.1 Å². The number of aryl methyl sites for hydroxylation is 1. The van der Waals surface area contributed by atoms with Crippen LogP contribution in [0.25, 0.3) is 0 Å². The number of benzene rings is 1. The summed E-state index contributed by atoms with van der Waals surface area (Å²) in [5, 5.41) is 5.90. The van der Waals surface area contributed by atoms with Gasteiger partial charge in [-0.15, -0.1) is 13.2 Å². The molecule has 1 atom stereocenters. The zero-order chi connectivity index (χ0) is 22.9. The topological polar surface area (TPSA) is 93.7 Å². The third-order valence-corrected chi connectivity index (χ3v) is 6.94. The molecule has 0 saturated heterocycles. The molecule has 0 radical (unpaired) electrons. The van der Waals surface area contributed by atoms with Crippen LogP contribution in [-0.4, -0.2) is 47.2 Å². The van der Waals surface area contributed by atoms with E-state index in [0.717, 1.165) is 5.56 Å². The van der Waals surface area contributed by atoms with Crippen LogP contribution in [0.1, 0.15) is 54.4 Å². The van der Waals surface area contributed by atoms with Gasteiger partial charge in [0, 0.05) is 17.0 Å². The van der Waals surface area contributed by atoms with Crippen LogP contribution in [0.3, 0.4) is 0 Å². The molecular formula is C22H23F3N2O5. The number of carbonyl (C=O) groups excluding carboxylic acids is 3. The number of amides is 2. The minimum absolute atomic E-state index is 0.0247. The first-order valence-electron chi connectivity index (χ1n) is 10.6. The summed E-state index contributed by atoms with van der Waals surface area (Å²) in [5.41, 5.74) is 0.592. The molecule has 2 amide bonds. The third kappa shape index (κ3) is 3.74. The van der Waals surface area contributed by atoms with E-state index < -0.39 is 35.6 Å². The van der Waals surface area contributed by atoms with E-state index >= 15 is 0 Å². The van der Waals surface area contributed by atoms with Crippen LogP contribution in [0, 0.1) is 12.8 Å². The van der Waals surface area contributed by atoms with Crippen molar-refractivity contribution in [1.82, 2.24) is 10.6 Å². The maximum atomic E-state index is 12.7. The van der Waals surface area contributed by atoms with Gasteiger partial charge in [-0.05, 0) is 51.2 Å². The first kappa shape index (κ1) is 21.2. The van der Waals surface area contributed by atoms with Crippen LogP contribution in [0.4, 0.5) is 13.2 Å². The molecule has 10 heteroatoms. The summed E-state index contributed by atoms with van der Waals surface area (Å²) in [6.45, 7) is 1.88. The SMILES string of the molecule is Cc1ccc2c(c1)C(=O)C[C@H](C(=O)NC13CC(NC(=O)C4CC(OC(F)(F)F)C4)(C1)C3)O2. The fourth-order valence-corrected chi connectivity index (χ4v) is 5.41. The number of Topliss-reactive ketones (excluding diaryl/α,β-unsaturated/α-hetero) is 1. The van der Waals surface area contributed by atoms with E-state index in [-0.39, 0.29) is 36.9 Å². The minimum atomic E-state index is -4.68. The Bertz CT molecular complexity index is 982. The van der Waals surface area contributed by atoms with Gasteiger partial charge in [-0.25, -0.2) is 0 Å². The van der Waals surface area contributed by atoms with Gasteiger partial charge in [-0.2, -0.15) is 0 Å². The van der Waals surface area contributed by atoms with Crippen LogP contribution >= 0.6 is 0 Å². The lowest BCUT2D eigenvalue weighted by Crippen LogP contribution is -2.84. The number of carbonyl (C=O) groups is 3. The lowest BCUT2D eigenvalue weighted by Gasteiger charge is -2.70. The highest BCUT2D eigenvalue weighted by Gasteiger charge is 2.69. The molecule has 1 aliphatic heterocycles. The lowest BCUT2D eigenvalue weighted by molar-refractivity contribution is -0.353. The molecular weight excluding hydrogens is 429 g/mol. The van der Waals surface area contributed by atoms with Crippen molar-refractivity contribution in [2.75, 3.05) is 0 Å². The molecule has 1 aromatic rings. The van der Waals surface area contributed by atoms with Gasteiger partial charge in [-0.1, -0.05) is 11.6 Å². The quantitative estimate of drug-likeness (QED) is 0.716. The summed E-state index contributed by atoms with van der Waals surface area (Å²) in [6.07, 6.45) is -4.78. The van der Waals surface area contributed by atoms with Crippen molar-refractivity contribution in [3.63, 3.8) is 0 Å². The molecule has 7 nitrogen and oxygen atoms in total. The number of ether oxygens (including phenoxy) is 2. The Morgan fingerprint density at radius 1 is 1.09 bits per heavy atom. The van der Waals surface area contributed by atoms with E-state index in [1.54, 1.807) is 12.1 Å². The average molecular weight is 452 g/mol. The molecule has 6 rings (SSSR count). The fraction of sp³-hybridized carbons (Fsp3) is 0.591. The fourth-order valence-electron chi connectivity index (χ4n) is 5.41. The summed E-state index contributed by atoms with van der Waals surface area (Å²) in [5.74, 6) is -0.825. The number of rotatable bonds is 5. The number of halogens is 3. The number of ketones is 1. The highest BCUT2D eigenvalue weighted by atomic mass is 19.4. The largest absolute Gasteiger partial charge is 0.522 e. The van der Waals surface area contributed by atoms with Gasteiger partial charge in [0.1, 0.15) is 5.75 Å². The Morgan fingerprint density at radius 2 is 1.72 bits per heavy atom. The van der Waals surface area contributed by atoms with E-state index in [4.69, 9.17) is 4.74 Å². The molecule has 1 aromatic carbocycles. The van der Waals surface area contributed by atoms with Crippen molar-refractivity contribution in [1.29, 1.82) is 0 Å². The summed E-state index contributed by atoms with van der Waals surface area (Å²) in [7, 11) is 0. The van der Waals surface area contributed by atoms with Gasteiger partial charge < -0.3 is 15.4 Å². The minimum Gasteiger partial charge on any atom is -0.479 e. The highest BCUT2D eigenvalue weighted by molar-refractivity contribution is 6.03. The molecule has 0 aromatic heterocycles. The second-order valence-corrected chi connectivity index (χ2v) is 9.66. The second-order valence-electron chi connectivity index (χ2n) is 9.66. The Kier molecular flexibility index (Phi) is 4.60. The lowest BCUT2D eigenvalue weighted by atomic mass is 9.44. The first-order valence-corrected chi connectivity index (χ1v) is 10.6. The van der Waals surface area contributed by atoms with Crippen molar-refractivity contribution in [3.05, 3.63) is 29.3 Å². The molecule has 4 aliphatic carbocycles. The Balaban J connectivity index is 1.09.